The number of amides is 1. The van der Waals surface area contributed by atoms with Gasteiger partial charge in [0, 0.05) is 17.3 Å². The fourth-order valence-corrected chi connectivity index (χ4v) is 2.93. The molecule has 1 fully saturated rings. The first-order valence-electron chi connectivity index (χ1n) is 7.93. The lowest BCUT2D eigenvalue weighted by Crippen LogP contribution is -2.37. The number of hydrogen-bond acceptors (Lipinski definition) is 3. The predicted octanol–water partition coefficient (Wildman–Crippen LogP) is 3.64. The molecule has 1 aliphatic carbocycles. The molecule has 0 radical (unpaired) electrons. The predicted molar refractivity (Wildman–Crippen MR) is 88.6 cm³/mol. The molecule has 23 heavy (non-hydrogen) atoms. The summed E-state index contributed by atoms with van der Waals surface area (Å²) in [5, 5.41) is 7.92. The molecule has 1 saturated carbocycles. The first-order chi connectivity index (χ1) is 11.2. The minimum absolute atomic E-state index is 0.0888. The van der Waals surface area contributed by atoms with Crippen molar-refractivity contribution in [1.29, 1.82) is 0 Å². The molecule has 122 valence electrons. The Hall–Kier alpha value is -2.01. The number of rotatable bonds is 5. The van der Waals surface area contributed by atoms with Crippen LogP contribution in [-0.2, 0) is 6.73 Å². The molecule has 0 atom stereocenters. The van der Waals surface area contributed by atoms with Crippen molar-refractivity contribution < 1.29 is 9.53 Å². The minimum atomic E-state index is -0.0888. The summed E-state index contributed by atoms with van der Waals surface area (Å²) in [6.45, 7) is 0.183. The van der Waals surface area contributed by atoms with Gasteiger partial charge in [-0.3, -0.25) is 4.79 Å². The van der Waals surface area contributed by atoms with Crippen molar-refractivity contribution in [3.05, 3.63) is 47.2 Å². The molecule has 0 aliphatic heterocycles. The van der Waals surface area contributed by atoms with Crippen LogP contribution in [0.25, 0.3) is 0 Å². The van der Waals surface area contributed by atoms with E-state index < -0.39 is 0 Å². The fraction of sp³-hybridized carbons (Fsp3) is 0.412. The van der Waals surface area contributed by atoms with Gasteiger partial charge in [0.2, 0.25) is 0 Å². The Kier molecular flexibility index (Phi) is 5.18. The first kappa shape index (κ1) is 15.9. The zero-order valence-electron chi connectivity index (χ0n) is 12.9. The van der Waals surface area contributed by atoms with Crippen molar-refractivity contribution in [3.63, 3.8) is 0 Å². The zero-order chi connectivity index (χ0) is 16.1. The Bertz CT molecular complexity index is 648. The summed E-state index contributed by atoms with van der Waals surface area (Å²) in [4.78, 5) is 12.4. The second kappa shape index (κ2) is 7.51. The van der Waals surface area contributed by atoms with Crippen LogP contribution in [0.1, 0.15) is 42.6 Å². The molecular weight excluding hydrogens is 314 g/mol. The maximum atomic E-state index is 12.4. The van der Waals surface area contributed by atoms with Crippen LogP contribution in [0.3, 0.4) is 0 Å². The van der Waals surface area contributed by atoms with Crippen molar-refractivity contribution in [3.8, 4) is 5.75 Å². The van der Waals surface area contributed by atoms with Crippen molar-refractivity contribution in [2.75, 3.05) is 0 Å². The second-order valence-corrected chi connectivity index (χ2v) is 6.19. The quantitative estimate of drug-likeness (QED) is 0.909. The van der Waals surface area contributed by atoms with Crippen LogP contribution < -0.4 is 10.1 Å². The Morgan fingerprint density at radius 1 is 1.22 bits per heavy atom. The molecule has 6 heteroatoms. The van der Waals surface area contributed by atoms with E-state index in [9.17, 15) is 4.79 Å². The van der Waals surface area contributed by atoms with Gasteiger partial charge in [-0.2, -0.15) is 5.10 Å². The summed E-state index contributed by atoms with van der Waals surface area (Å²) in [7, 11) is 0. The Morgan fingerprint density at radius 2 is 1.96 bits per heavy atom. The van der Waals surface area contributed by atoms with Gasteiger partial charge in [0.1, 0.15) is 11.4 Å². The largest absolute Gasteiger partial charge is 0.471 e. The number of nitrogens with zero attached hydrogens (tertiary/aromatic N) is 2. The number of benzene rings is 1. The van der Waals surface area contributed by atoms with E-state index >= 15 is 0 Å². The van der Waals surface area contributed by atoms with Crippen LogP contribution in [0.2, 0.25) is 5.02 Å². The molecule has 1 N–H and O–H groups in total. The summed E-state index contributed by atoms with van der Waals surface area (Å²) >= 11 is 5.84. The topological polar surface area (TPSA) is 56.2 Å². The van der Waals surface area contributed by atoms with Gasteiger partial charge < -0.3 is 10.1 Å². The van der Waals surface area contributed by atoms with E-state index in [1.54, 1.807) is 41.2 Å². The number of nitrogens with one attached hydrogen (secondary N) is 1. The number of aromatic nitrogens is 2. The van der Waals surface area contributed by atoms with Crippen molar-refractivity contribution in [2.24, 2.45) is 0 Å². The fourth-order valence-electron chi connectivity index (χ4n) is 2.80. The standard InChI is InChI=1S/C17H20ClN3O2/c18-13-6-8-15(9-7-13)23-12-21-16(10-11-19-21)17(22)20-14-4-2-1-3-5-14/h6-11,14H,1-5,12H2,(H,20,22). The summed E-state index contributed by atoms with van der Waals surface area (Å²) in [6.07, 6.45) is 7.36. The van der Waals surface area contributed by atoms with Gasteiger partial charge in [-0.1, -0.05) is 30.9 Å². The average molecular weight is 334 g/mol. The summed E-state index contributed by atoms with van der Waals surface area (Å²) in [5.74, 6) is 0.595. The second-order valence-electron chi connectivity index (χ2n) is 5.75. The van der Waals surface area contributed by atoms with Crippen LogP contribution in [-0.4, -0.2) is 21.7 Å². The molecular formula is C17H20ClN3O2. The zero-order valence-corrected chi connectivity index (χ0v) is 13.6. The smallest absolute Gasteiger partial charge is 0.269 e. The number of carbonyl (C=O) groups is 1. The van der Waals surface area contributed by atoms with Gasteiger partial charge >= 0.3 is 0 Å². The third kappa shape index (κ3) is 4.26. The maximum absolute atomic E-state index is 12.4. The van der Waals surface area contributed by atoms with Gasteiger partial charge in [0.05, 0.1) is 0 Å². The summed E-state index contributed by atoms with van der Waals surface area (Å²) in [5.41, 5.74) is 0.518. The number of halogens is 1. The Balaban J connectivity index is 1.59. The molecule has 0 spiro atoms. The molecule has 1 aromatic heterocycles. The maximum Gasteiger partial charge on any atom is 0.269 e. The molecule has 1 heterocycles. The van der Waals surface area contributed by atoms with Crippen LogP contribution in [0.5, 0.6) is 5.75 Å². The molecule has 2 aromatic rings. The number of ether oxygens (including phenoxy) is 1. The van der Waals surface area contributed by atoms with Crippen LogP contribution in [0.4, 0.5) is 0 Å². The van der Waals surface area contributed by atoms with Crippen molar-refractivity contribution in [1.82, 2.24) is 15.1 Å². The van der Waals surface area contributed by atoms with Gasteiger partial charge in [-0.05, 0) is 43.2 Å². The van der Waals surface area contributed by atoms with E-state index in [-0.39, 0.29) is 18.7 Å². The first-order valence-corrected chi connectivity index (χ1v) is 8.31. The number of hydrogen-bond donors (Lipinski definition) is 1. The Morgan fingerprint density at radius 3 is 2.70 bits per heavy atom. The van der Waals surface area contributed by atoms with Gasteiger partial charge in [-0.25, -0.2) is 4.68 Å². The highest BCUT2D eigenvalue weighted by Crippen LogP contribution is 2.18. The van der Waals surface area contributed by atoms with E-state index in [1.807, 2.05) is 0 Å². The molecule has 1 amide bonds. The lowest BCUT2D eigenvalue weighted by molar-refractivity contribution is 0.0906. The molecule has 1 aromatic carbocycles. The highest BCUT2D eigenvalue weighted by molar-refractivity contribution is 6.30. The SMILES string of the molecule is O=C(NC1CCCCC1)c1ccnn1COc1ccc(Cl)cc1. The molecule has 0 unspecified atom stereocenters. The van der Waals surface area contributed by atoms with E-state index in [2.05, 4.69) is 10.4 Å². The number of carbonyl (C=O) groups excluding carboxylic acids is 1. The monoisotopic (exact) mass is 333 g/mol. The van der Waals surface area contributed by atoms with Gasteiger partial charge in [-0.15, -0.1) is 0 Å². The molecule has 3 rings (SSSR count). The van der Waals surface area contributed by atoms with E-state index in [1.165, 1.54) is 19.3 Å². The Labute approximate surface area is 140 Å². The lowest BCUT2D eigenvalue weighted by atomic mass is 9.95. The highest BCUT2D eigenvalue weighted by atomic mass is 35.5. The summed E-state index contributed by atoms with van der Waals surface area (Å²) < 4.78 is 7.21. The van der Waals surface area contributed by atoms with Gasteiger partial charge in [0.25, 0.3) is 5.91 Å². The van der Waals surface area contributed by atoms with Crippen molar-refractivity contribution >= 4 is 17.5 Å². The normalized spacial score (nSPS) is 15.3. The molecule has 5 nitrogen and oxygen atoms in total. The highest BCUT2D eigenvalue weighted by Gasteiger charge is 2.19. The third-order valence-corrected chi connectivity index (χ3v) is 4.31. The molecule has 0 saturated heterocycles. The van der Waals surface area contributed by atoms with E-state index in [0.29, 0.717) is 16.5 Å². The minimum Gasteiger partial charge on any atom is -0.471 e. The van der Waals surface area contributed by atoms with Crippen LogP contribution in [0.15, 0.2) is 36.5 Å². The van der Waals surface area contributed by atoms with Crippen molar-refractivity contribution in [2.45, 2.75) is 44.9 Å². The van der Waals surface area contributed by atoms with Crippen LogP contribution in [0, 0.1) is 0 Å². The van der Waals surface area contributed by atoms with E-state index in [4.69, 9.17) is 16.3 Å². The van der Waals surface area contributed by atoms with E-state index in [0.717, 1.165) is 12.8 Å². The molecule has 1 aliphatic rings. The molecule has 0 bridgehead atoms. The lowest BCUT2D eigenvalue weighted by Gasteiger charge is -2.22. The van der Waals surface area contributed by atoms with Gasteiger partial charge in [0.15, 0.2) is 6.73 Å². The van der Waals surface area contributed by atoms with Crippen LogP contribution >= 0.6 is 11.6 Å². The average Bonchev–Trinajstić information content (AvgIpc) is 3.04. The summed E-state index contributed by atoms with van der Waals surface area (Å²) in [6, 6.07) is 9.08. The third-order valence-electron chi connectivity index (χ3n) is 4.06.